The van der Waals surface area contributed by atoms with Crippen LogP contribution in [0.2, 0.25) is 0 Å². The maximum atomic E-state index is 12.8. The molecule has 0 radical (unpaired) electrons. The van der Waals surface area contributed by atoms with Gasteiger partial charge in [0.1, 0.15) is 5.60 Å². The molecule has 1 N–H and O–H groups in total. The minimum atomic E-state index is -1.01. The van der Waals surface area contributed by atoms with Crippen molar-refractivity contribution in [1.82, 2.24) is 5.06 Å². The molecule has 166 valence electrons. The minimum Gasteiger partial charge on any atom is -0.459 e. The van der Waals surface area contributed by atoms with Crippen LogP contribution >= 0.6 is 0 Å². The van der Waals surface area contributed by atoms with Crippen molar-refractivity contribution >= 4 is 5.97 Å². The van der Waals surface area contributed by atoms with E-state index in [1.807, 2.05) is 112 Å². The van der Waals surface area contributed by atoms with Gasteiger partial charge in [-0.05, 0) is 37.5 Å². The summed E-state index contributed by atoms with van der Waals surface area (Å²) in [5.41, 5.74) is 1.13. The van der Waals surface area contributed by atoms with Crippen LogP contribution in [0.25, 0.3) is 0 Å². The highest BCUT2D eigenvalue weighted by Gasteiger charge is 2.59. The average Bonchev–Trinajstić information content (AvgIpc) is 3.51. The molecule has 1 fully saturated rings. The lowest BCUT2D eigenvalue weighted by molar-refractivity contribution is -0.180. The van der Waals surface area contributed by atoms with Crippen LogP contribution in [0.3, 0.4) is 0 Å². The van der Waals surface area contributed by atoms with Crippen LogP contribution < -0.4 is 0 Å². The van der Waals surface area contributed by atoms with Crippen molar-refractivity contribution in [2.24, 2.45) is 0 Å². The molecule has 3 aromatic carbocycles. The Morgan fingerprint density at radius 1 is 0.812 bits per heavy atom. The number of carbonyl (C=O) groups is 1. The zero-order valence-electron chi connectivity index (χ0n) is 18.6. The summed E-state index contributed by atoms with van der Waals surface area (Å²) in [6.45, 7) is 5.27. The predicted molar refractivity (Wildman–Crippen MR) is 123 cm³/mol. The Bertz CT molecular complexity index is 935. The standard InChI is InChI=1S/C27H29NO4/c1-26(2,3)31-25(30)24-23(19-29)28(24)32-27(20-13-7-4-8-14-20,21-15-9-5-10-16-21)22-17-11-6-12-18-22/h4-18,23-24,29H,19H2,1-3H3/t23-,24-,28?/m1/s1. The van der Waals surface area contributed by atoms with Crippen LogP contribution in [0.1, 0.15) is 37.5 Å². The van der Waals surface area contributed by atoms with E-state index >= 15 is 0 Å². The van der Waals surface area contributed by atoms with Gasteiger partial charge in [-0.15, -0.1) is 0 Å². The minimum absolute atomic E-state index is 0.210. The number of hydrogen-bond acceptors (Lipinski definition) is 5. The summed E-state index contributed by atoms with van der Waals surface area (Å²) in [6.07, 6.45) is 0. The Kier molecular flexibility index (Phi) is 6.15. The van der Waals surface area contributed by atoms with E-state index in [1.54, 1.807) is 5.06 Å². The molecule has 1 saturated heterocycles. The summed E-state index contributed by atoms with van der Waals surface area (Å²) in [7, 11) is 0. The molecule has 0 bridgehead atoms. The molecule has 5 nitrogen and oxygen atoms in total. The Morgan fingerprint density at radius 2 is 1.22 bits per heavy atom. The lowest BCUT2D eigenvalue weighted by atomic mass is 9.80. The Morgan fingerprint density at radius 3 is 1.56 bits per heavy atom. The van der Waals surface area contributed by atoms with Crippen LogP contribution in [-0.4, -0.2) is 40.4 Å². The molecule has 1 heterocycles. The molecule has 1 aliphatic rings. The van der Waals surface area contributed by atoms with E-state index in [0.29, 0.717) is 0 Å². The van der Waals surface area contributed by atoms with Crippen molar-refractivity contribution in [2.75, 3.05) is 6.61 Å². The second-order valence-corrected chi connectivity index (χ2v) is 8.96. The molecule has 5 heteroatoms. The predicted octanol–water partition coefficient (Wildman–Crippen LogP) is 4.30. The van der Waals surface area contributed by atoms with E-state index in [1.165, 1.54) is 0 Å². The highest BCUT2D eigenvalue weighted by Crippen LogP contribution is 2.45. The third-order valence-corrected chi connectivity index (χ3v) is 5.49. The normalized spacial score (nSPS) is 20.6. The maximum Gasteiger partial charge on any atom is 0.328 e. The number of ether oxygens (including phenoxy) is 1. The number of benzene rings is 3. The van der Waals surface area contributed by atoms with Crippen LogP contribution in [0.5, 0.6) is 0 Å². The van der Waals surface area contributed by atoms with Gasteiger partial charge in [0.05, 0.1) is 12.6 Å². The van der Waals surface area contributed by atoms with Crippen molar-refractivity contribution in [3.8, 4) is 0 Å². The summed E-state index contributed by atoms with van der Waals surface area (Å²) in [6, 6.07) is 28.6. The number of aliphatic hydroxyl groups excluding tert-OH is 1. The lowest BCUT2D eigenvalue weighted by Gasteiger charge is -2.36. The molecular weight excluding hydrogens is 402 g/mol. The fraction of sp³-hybridized carbons (Fsp3) is 0.296. The van der Waals surface area contributed by atoms with E-state index in [4.69, 9.17) is 9.57 Å². The molecule has 0 aliphatic carbocycles. The first-order chi connectivity index (χ1) is 15.4. The van der Waals surface area contributed by atoms with Gasteiger partial charge in [-0.2, -0.15) is 5.06 Å². The van der Waals surface area contributed by atoms with Gasteiger partial charge >= 0.3 is 5.97 Å². The van der Waals surface area contributed by atoms with Gasteiger partial charge < -0.3 is 9.84 Å². The molecule has 1 aliphatic heterocycles. The number of esters is 1. The van der Waals surface area contributed by atoms with E-state index in [0.717, 1.165) is 16.7 Å². The largest absolute Gasteiger partial charge is 0.459 e. The molecule has 4 rings (SSSR count). The van der Waals surface area contributed by atoms with Gasteiger partial charge in [0, 0.05) is 0 Å². The quantitative estimate of drug-likeness (QED) is 0.343. The smallest absolute Gasteiger partial charge is 0.328 e. The lowest BCUT2D eigenvalue weighted by Crippen LogP contribution is -2.37. The zero-order valence-corrected chi connectivity index (χ0v) is 18.6. The molecule has 32 heavy (non-hydrogen) atoms. The number of aliphatic hydroxyl groups is 1. The zero-order chi connectivity index (χ0) is 22.8. The van der Waals surface area contributed by atoms with E-state index in [2.05, 4.69) is 0 Å². The molecule has 3 atom stereocenters. The average molecular weight is 432 g/mol. The summed E-state index contributed by atoms with van der Waals surface area (Å²) < 4.78 is 5.58. The third kappa shape index (κ3) is 4.32. The van der Waals surface area contributed by atoms with E-state index in [9.17, 15) is 9.90 Å². The van der Waals surface area contributed by atoms with Crippen molar-refractivity contribution in [2.45, 2.75) is 44.1 Å². The van der Waals surface area contributed by atoms with Crippen molar-refractivity contribution in [1.29, 1.82) is 0 Å². The summed E-state index contributed by atoms with van der Waals surface area (Å²) in [5, 5.41) is 11.5. The Balaban J connectivity index is 1.81. The first kappa shape index (κ1) is 22.2. The van der Waals surface area contributed by atoms with Gasteiger partial charge in [0.25, 0.3) is 0 Å². The molecule has 1 unspecified atom stereocenters. The SMILES string of the molecule is CC(C)(C)OC(=O)[C@H]1[C@@H](CO)N1OC(c1ccccc1)(c1ccccc1)c1ccccc1. The molecule has 0 saturated carbocycles. The number of nitrogens with zero attached hydrogens (tertiary/aromatic N) is 1. The highest BCUT2D eigenvalue weighted by atomic mass is 16.7. The van der Waals surface area contributed by atoms with Crippen LogP contribution in [-0.2, 0) is 20.0 Å². The van der Waals surface area contributed by atoms with E-state index < -0.39 is 29.3 Å². The van der Waals surface area contributed by atoms with Gasteiger partial charge in [-0.3, -0.25) is 9.63 Å². The maximum absolute atomic E-state index is 12.8. The number of carbonyl (C=O) groups excluding carboxylic acids is 1. The first-order valence-electron chi connectivity index (χ1n) is 10.8. The number of rotatable bonds is 7. The Hall–Kier alpha value is -2.99. The summed E-state index contributed by atoms with van der Waals surface area (Å²) >= 11 is 0. The first-order valence-corrected chi connectivity index (χ1v) is 10.8. The third-order valence-electron chi connectivity index (χ3n) is 5.49. The fourth-order valence-corrected chi connectivity index (χ4v) is 4.02. The molecule has 3 aromatic rings. The van der Waals surface area contributed by atoms with Crippen molar-refractivity contribution in [3.63, 3.8) is 0 Å². The molecular formula is C27H29NO4. The topological polar surface area (TPSA) is 58.8 Å². The van der Waals surface area contributed by atoms with Crippen LogP contribution in [0.4, 0.5) is 0 Å². The second-order valence-electron chi connectivity index (χ2n) is 8.96. The fourth-order valence-electron chi connectivity index (χ4n) is 4.02. The van der Waals surface area contributed by atoms with Gasteiger partial charge in [0.15, 0.2) is 11.6 Å². The highest BCUT2D eigenvalue weighted by molar-refractivity contribution is 5.80. The van der Waals surface area contributed by atoms with Crippen LogP contribution in [0, 0.1) is 0 Å². The second kappa shape index (κ2) is 8.87. The van der Waals surface area contributed by atoms with Gasteiger partial charge in [-0.1, -0.05) is 91.0 Å². The van der Waals surface area contributed by atoms with Crippen LogP contribution in [0.15, 0.2) is 91.0 Å². The number of hydroxylamine groups is 2. The molecule has 0 spiro atoms. The monoisotopic (exact) mass is 431 g/mol. The van der Waals surface area contributed by atoms with Crippen molar-refractivity contribution < 1.29 is 19.5 Å². The van der Waals surface area contributed by atoms with Gasteiger partial charge in [-0.25, -0.2) is 0 Å². The van der Waals surface area contributed by atoms with E-state index in [-0.39, 0.29) is 6.61 Å². The molecule has 0 aromatic heterocycles. The summed E-state index contributed by atoms with van der Waals surface area (Å²) in [5.74, 6) is -0.403. The molecule has 0 amide bonds. The van der Waals surface area contributed by atoms with Crippen molar-refractivity contribution in [3.05, 3.63) is 108 Å². The van der Waals surface area contributed by atoms with Gasteiger partial charge in [0.2, 0.25) is 0 Å². The summed E-state index contributed by atoms with van der Waals surface area (Å²) in [4.78, 5) is 19.6. The number of hydrogen-bond donors (Lipinski definition) is 1. The Labute approximate surface area is 189 Å².